The van der Waals surface area contributed by atoms with E-state index in [1.807, 2.05) is 12.1 Å². The van der Waals surface area contributed by atoms with Crippen molar-refractivity contribution < 1.29 is 4.79 Å². The number of hydrogen-bond donors (Lipinski definition) is 1. The lowest BCUT2D eigenvalue weighted by Crippen LogP contribution is -2.24. The van der Waals surface area contributed by atoms with Gasteiger partial charge < -0.3 is 5.32 Å². The maximum Gasteiger partial charge on any atom is 0.225 e. The second kappa shape index (κ2) is 4.99. The van der Waals surface area contributed by atoms with Gasteiger partial charge >= 0.3 is 0 Å². The van der Waals surface area contributed by atoms with Crippen molar-refractivity contribution in [3.63, 3.8) is 0 Å². The minimum absolute atomic E-state index is 0.128. The van der Waals surface area contributed by atoms with Crippen LogP contribution in [0, 0.1) is 0 Å². The van der Waals surface area contributed by atoms with Gasteiger partial charge in [-0.3, -0.25) is 4.79 Å². The smallest absolute Gasteiger partial charge is 0.225 e. The van der Waals surface area contributed by atoms with Gasteiger partial charge in [-0.15, -0.1) is 0 Å². The Morgan fingerprint density at radius 1 is 1.05 bits per heavy atom. The van der Waals surface area contributed by atoms with E-state index in [9.17, 15) is 4.79 Å². The molecule has 3 heteroatoms. The number of fused-ring (bicyclic) bond motifs is 3. The first-order chi connectivity index (χ1) is 10.2. The molecule has 0 saturated heterocycles. The van der Waals surface area contributed by atoms with Gasteiger partial charge in [-0.2, -0.15) is 0 Å². The Kier molecular flexibility index (Phi) is 3.11. The molecule has 2 aliphatic rings. The normalized spacial score (nSPS) is 19.9. The Hall–Kier alpha value is -1.61. The van der Waals surface area contributed by atoms with Gasteiger partial charge in [0.1, 0.15) is 0 Å². The van der Waals surface area contributed by atoms with Gasteiger partial charge in [-0.25, -0.2) is 0 Å². The van der Waals surface area contributed by atoms with Crippen molar-refractivity contribution in [2.24, 2.45) is 0 Å². The lowest BCUT2D eigenvalue weighted by molar-refractivity contribution is -0.116. The highest BCUT2D eigenvalue weighted by molar-refractivity contribution is 9.10. The van der Waals surface area contributed by atoms with Crippen LogP contribution in [0.15, 0.2) is 40.9 Å². The number of benzene rings is 2. The molecule has 0 bridgehead atoms. The molecule has 0 spiro atoms. The Bertz CT molecular complexity index is 738. The first-order valence-corrected chi connectivity index (χ1v) is 8.22. The van der Waals surface area contributed by atoms with E-state index in [-0.39, 0.29) is 11.8 Å². The fraction of sp³-hybridized carbons (Fsp3) is 0.278. The van der Waals surface area contributed by atoms with Crippen LogP contribution < -0.4 is 5.32 Å². The lowest BCUT2D eigenvalue weighted by Gasteiger charge is -2.28. The van der Waals surface area contributed by atoms with Crippen molar-refractivity contribution in [3.05, 3.63) is 63.1 Å². The molecule has 2 nitrogen and oxygen atoms in total. The van der Waals surface area contributed by atoms with E-state index < -0.39 is 0 Å². The van der Waals surface area contributed by atoms with Crippen LogP contribution in [-0.2, 0) is 17.6 Å². The first-order valence-electron chi connectivity index (χ1n) is 7.43. The van der Waals surface area contributed by atoms with Crippen LogP contribution in [0.25, 0.3) is 0 Å². The number of halogens is 1. The Morgan fingerprint density at radius 3 is 2.76 bits per heavy atom. The van der Waals surface area contributed by atoms with Gasteiger partial charge in [-0.05, 0) is 47.6 Å². The van der Waals surface area contributed by atoms with Crippen molar-refractivity contribution in [1.29, 1.82) is 0 Å². The summed E-state index contributed by atoms with van der Waals surface area (Å²) in [5.74, 6) is 0.277. The van der Waals surface area contributed by atoms with E-state index >= 15 is 0 Å². The van der Waals surface area contributed by atoms with Crippen LogP contribution in [0.5, 0.6) is 0 Å². The molecule has 21 heavy (non-hydrogen) atoms. The van der Waals surface area contributed by atoms with Crippen LogP contribution in [0.1, 0.15) is 41.0 Å². The monoisotopic (exact) mass is 341 g/mol. The minimum atomic E-state index is 0.128. The number of hydrogen-bond acceptors (Lipinski definition) is 1. The van der Waals surface area contributed by atoms with Crippen molar-refractivity contribution in [2.45, 2.75) is 31.6 Å². The van der Waals surface area contributed by atoms with E-state index in [1.54, 1.807) is 0 Å². The van der Waals surface area contributed by atoms with E-state index in [0.29, 0.717) is 6.42 Å². The number of nitrogens with one attached hydrogen (secondary N) is 1. The second-order valence-electron chi connectivity index (χ2n) is 5.85. The predicted octanol–water partition coefficient (Wildman–Crippen LogP) is 4.41. The van der Waals surface area contributed by atoms with Crippen LogP contribution in [0.2, 0.25) is 0 Å². The molecule has 1 aliphatic carbocycles. The summed E-state index contributed by atoms with van der Waals surface area (Å²) in [7, 11) is 0. The van der Waals surface area contributed by atoms with E-state index in [2.05, 4.69) is 45.5 Å². The minimum Gasteiger partial charge on any atom is -0.326 e. The first kappa shape index (κ1) is 13.1. The molecule has 1 N–H and O–H groups in total. The molecule has 1 aliphatic heterocycles. The third-order valence-electron chi connectivity index (χ3n) is 4.63. The number of rotatable bonds is 1. The molecular formula is C18H16BrNO. The number of aryl methyl sites for hydroxylation is 1. The molecule has 4 rings (SSSR count). The highest BCUT2D eigenvalue weighted by atomic mass is 79.9. The molecule has 2 aromatic rings. The summed E-state index contributed by atoms with van der Waals surface area (Å²) in [6, 6.07) is 12.7. The predicted molar refractivity (Wildman–Crippen MR) is 87.7 cm³/mol. The quantitative estimate of drug-likeness (QED) is 0.817. The van der Waals surface area contributed by atoms with Gasteiger partial charge in [0.25, 0.3) is 0 Å². The van der Waals surface area contributed by atoms with Crippen LogP contribution in [0.3, 0.4) is 0 Å². The summed E-state index contributed by atoms with van der Waals surface area (Å²) in [5.41, 5.74) is 6.31. The zero-order valence-electron chi connectivity index (χ0n) is 11.7. The fourth-order valence-electron chi connectivity index (χ4n) is 3.64. The average molecular weight is 342 g/mol. The molecule has 1 heterocycles. The Labute approximate surface area is 132 Å². The third-order valence-corrected chi connectivity index (χ3v) is 5.35. The Morgan fingerprint density at radius 2 is 1.90 bits per heavy atom. The maximum absolute atomic E-state index is 12.2. The summed E-state index contributed by atoms with van der Waals surface area (Å²) in [4.78, 5) is 12.2. The SMILES string of the molecule is O=C1CC(c2ccccc2Br)c2ccc3c(c2N1)CCC3. The maximum atomic E-state index is 12.2. The molecule has 0 radical (unpaired) electrons. The van der Waals surface area contributed by atoms with Crippen molar-refractivity contribution in [1.82, 2.24) is 0 Å². The molecule has 0 aromatic heterocycles. The summed E-state index contributed by atoms with van der Waals surface area (Å²) in [6.07, 6.45) is 3.94. The zero-order valence-corrected chi connectivity index (χ0v) is 13.2. The van der Waals surface area contributed by atoms with Crippen molar-refractivity contribution >= 4 is 27.5 Å². The van der Waals surface area contributed by atoms with Crippen LogP contribution in [-0.4, -0.2) is 5.91 Å². The molecular weight excluding hydrogens is 326 g/mol. The molecule has 1 atom stereocenters. The van der Waals surface area contributed by atoms with E-state index in [1.165, 1.54) is 28.7 Å². The molecule has 2 aromatic carbocycles. The molecule has 0 saturated carbocycles. The number of amides is 1. The van der Waals surface area contributed by atoms with Crippen molar-refractivity contribution in [3.8, 4) is 0 Å². The van der Waals surface area contributed by atoms with Crippen LogP contribution in [0.4, 0.5) is 5.69 Å². The molecule has 0 fully saturated rings. The van der Waals surface area contributed by atoms with Gasteiger partial charge in [0.05, 0.1) is 0 Å². The number of anilines is 1. The van der Waals surface area contributed by atoms with Crippen molar-refractivity contribution in [2.75, 3.05) is 5.32 Å². The molecule has 106 valence electrons. The van der Waals surface area contributed by atoms with Gasteiger partial charge in [0.2, 0.25) is 5.91 Å². The number of carbonyl (C=O) groups is 1. The molecule has 1 unspecified atom stereocenters. The largest absolute Gasteiger partial charge is 0.326 e. The summed E-state index contributed by atoms with van der Waals surface area (Å²) in [5, 5.41) is 3.13. The van der Waals surface area contributed by atoms with E-state index in [4.69, 9.17) is 0 Å². The fourth-order valence-corrected chi connectivity index (χ4v) is 4.20. The average Bonchev–Trinajstić information content (AvgIpc) is 2.96. The van der Waals surface area contributed by atoms with E-state index in [0.717, 1.165) is 23.0 Å². The third kappa shape index (κ3) is 2.11. The number of carbonyl (C=O) groups excluding carboxylic acids is 1. The summed E-state index contributed by atoms with van der Waals surface area (Å²) in [6.45, 7) is 0. The standard InChI is InChI=1S/C18H16BrNO/c19-16-7-2-1-5-13(16)15-10-17(21)20-18-12-6-3-4-11(12)8-9-14(15)18/h1-2,5,7-9,15H,3-4,6,10H2,(H,20,21). The second-order valence-corrected chi connectivity index (χ2v) is 6.70. The topological polar surface area (TPSA) is 29.1 Å². The van der Waals surface area contributed by atoms with Gasteiger partial charge in [-0.1, -0.05) is 46.3 Å². The summed E-state index contributed by atoms with van der Waals surface area (Å²) >= 11 is 3.63. The van der Waals surface area contributed by atoms with Gasteiger partial charge in [0, 0.05) is 22.5 Å². The lowest BCUT2D eigenvalue weighted by atomic mass is 9.83. The van der Waals surface area contributed by atoms with Crippen LogP contribution >= 0.6 is 15.9 Å². The zero-order chi connectivity index (χ0) is 14.4. The molecule has 1 amide bonds. The van der Waals surface area contributed by atoms with Gasteiger partial charge in [0.15, 0.2) is 0 Å². The Balaban J connectivity index is 1.90. The highest BCUT2D eigenvalue weighted by Gasteiger charge is 2.30. The summed E-state index contributed by atoms with van der Waals surface area (Å²) < 4.78 is 1.08. The highest BCUT2D eigenvalue weighted by Crippen LogP contribution is 2.43.